The maximum atomic E-state index is 12.7. The van der Waals surface area contributed by atoms with Crippen molar-refractivity contribution in [2.24, 2.45) is 0 Å². The summed E-state index contributed by atoms with van der Waals surface area (Å²) in [6, 6.07) is 14.5. The third-order valence-corrected chi connectivity index (χ3v) is 4.46. The van der Waals surface area contributed by atoms with Crippen LogP contribution in [-0.4, -0.2) is 47.8 Å². The van der Waals surface area contributed by atoms with Gasteiger partial charge in [-0.1, -0.05) is 12.1 Å². The van der Waals surface area contributed by atoms with Crippen LogP contribution in [0.5, 0.6) is 5.75 Å². The second-order valence-electron chi connectivity index (χ2n) is 7.17. The molecule has 31 heavy (non-hydrogen) atoms. The van der Waals surface area contributed by atoms with Crippen molar-refractivity contribution >= 4 is 5.91 Å². The molecular formula is C22H23F3N4O2. The zero-order valence-corrected chi connectivity index (χ0v) is 17.2. The lowest BCUT2D eigenvalue weighted by molar-refractivity contribution is -0.141. The van der Waals surface area contributed by atoms with Gasteiger partial charge in [0.25, 0.3) is 5.91 Å². The lowest BCUT2D eigenvalue weighted by Crippen LogP contribution is -2.22. The molecule has 6 nitrogen and oxygen atoms in total. The van der Waals surface area contributed by atoms with E-state index in [2.05, 4.69) is 10.4 Å². The summed E-state index contributed by atoms with van der Waals surface area (Å²) in [6.07, 6.45) is -3.27. The zero-order chi connectivity index (χ0) is 22.4. The number of carbonyl (C=O) groups is 1. The highest BCUT2D eigenvalue weighted by Gasteiger charge is 2.33. The van der Waals surface area contributed by atoms with Crippen LogP contribution in [0.15, 0.2) is 60.8 Å². The molecule has 3 aromatic rings. The molecule has 0 bridgehead atoms. The monoisotopic (exact) mass is 432 g/mol. The highest BCUT2D eigenvalue weighted by Crippen LogP contribution is 2.27. The average molecular weight is 432 g/mol. The summed E-state index contributed by atoms with van der Waals surface area (Å²) < 4.78 is 44.8. The summed E-state index contributed by atoms with van der Waals surface area (Å²) >= 11 is 0. The number of ether oxygens (including phenoxy) is 1. The summed E-state index contributed by atoms with van der Waals surface area (Å²) in [4.78, 5) is 14.4. The first-order valence-corrected chi connectivity index (χ1v) is 9.60. The third-order valence-electron chi connectivity index (χ3n) is 4.46. The van der Waals surface area contributed by atoms with Crippen molar-refractivity contribution < 1.29 is 22.7 Å². The molecule has 0 aliphatic heterocycles. The van der Waals surface area contributed by atoms with E-state index in [1.54, 1.807) is 24.3 Å². The van der Waals surface area contributed by atoms with Gasteiger partial charge in [-0.05, 0) is 62.1 Å². The van der Waals surface area contributed by atoms with Crippen LogP contribution in [0.25, 0.3) is 5.69 Å². The van der Waals surface area contributed by atoms with Crippen molar-refractivity contribution in [1.29, 1.82) is 0 Å². The van der Waals surface area contributed by atoms with Crippen LogP contribution in [-0.2, 0) is 12.7 Å². The first-order valence-electron chi connectivity index (χ1n) is 9.60. The largest absolute Gasteiger partial charge is 0.492 e. The fourth-order valence-electron chi connectivity index (χ4n) is 2.72. The number of carbonyl (C=O) groups excluding carboxylic acids is 1. The fraction of sp³-hybridized carbons (Fsp3) is 0.273. The zero-order valence-electron chi connectivity index (χ0n) is 17.2. The van der Waals surface area contributed by atoms with Gasteiger partial charge in [-0.15, -0.1) is 0 Å². The Kier molecular flexibility index (Phi) is 6.96. The molecule has 1 N–H and O–H groups in total. The Morgan fingerprint density at radius 3 is 2.32 bits per heavy atom. The summed E-state index contributed by atoms with van der Waals surface area (Å²) in [5.41, 5.74) is 0.775. The molecule has 0 spiro atoms. The Balaban J connectivity index is 1.53. The van der Waals surface area contributed by atoms with Gasteiger partial charge in [-0.2, -0.15) is 18.3 Å². The van der Waals surface area contributed by atoms with E-state index in [-0.39, 0.29) is 5.91 Å². The first kappa shape index (κ1) is 22.4. The second kappa shape index (κ2) is 9.65. The van der Waals surface area contributed by atoms with Crippen molar-refractivity contribution in [3.05, 3.63) is 77.6 Å². The summed E-state index contributed by atoms with van der Waals surface area (Å²) in [5.74, 6) is 0.481. The first-order chi connectivity index (χ1) is 14.7. The maximum absolute atomic E-state index is 12.7. The Morgan fingerprint density at radius 2 is 1.74 bits per heavy atom. The van der Waals surface area contributed by atoms with Gasteiger partial charge >= 0.3 is 6.18 Å². The maximum Gasteiger partial charge on any atom is 0.435 e. The Morgan fingerprint density at radius 1 is 1.06 bits per heavy atom. The molecule has 0 unspecified atom stereocenters. The van der Waals surface area contributed by atoms with Gasteiger partial charge in [0.2, 0.25) is 0 Å². The minimum absolute atomic E-state index is 0.283. The number of hydrogen-bond acceptors (Lipinski definition) is 4. The number of aromatic nitrogens is 2. The van der Waals surface area contributed by atoms with Crippen LogP contribution in [0.4, 0.5) is 13.2 Å². The molecule has 0 saturated carbocycles. The van der Waals surface area contributed by atoms with Gasteiger partial charge in [-0.25, -0.2) is 4.68 Å². The molecule has 0 saturated heterocycles. The lowest BCUT2D eigenvalue weighted by Gasteiger charge is -2.11. The predicted molar refractivity (Wildman–Crippen MR) is 110 cm³/mol. The molecule has 164 valence electrons. The molecule has 0 radical (unpaired) electrons. The van der Waals surface area contributed by atoms with E-state index in [1.165, 1.54) is 6.20 Å². The van der Waals surface area contributed by atoms with E-state index in [9.17, 15) is 18.0 Å². The van der Waals surface area contributed by atoms with Crippen molar-refractivity contribution in [3.63, 3.8) is 0 Å². The number of alkyl halides is 3. The molecule has 0 atom stereocenters. The van der Waals surface area contributed by atoms with E-state index < -0.39 is 11.9 Å². The predicted octanol–water partition coefficient (Wildman–Crippen LogP) is 3.76. The van der Waals surface area contributed by atoms with E-state index >= 15 is 0 Å². The minimum atomic E-state index is -4.50. The van der Waals surface area contributed by atoms with Crippen LogP contribution >= 0.6 is 0 Å². The molecule has 0 aliphatic rings. The van der Waals surface area contributed by atoms with Crippen molar-refractivity contribution in [3.8, 4) is 11.4 Å². The molecule has 1 amide bonds. The minimum Gasteiger partial charge on any atom is -0.492 e. The van der Waals surface area contributed by atoms with E-state index in [0.717, 1.165) is 28.6 Å². The number of rotatable bonds is 8. The Bertz CT molecular complexity index is 997. The topological polar surface area (TPSA) is 59.4 Å². The Labute approximate surface area is 178 Å². The van der Waals surface area contributed by atoms with E-state index in [4.69, 9.17) is 4.74 Å². The van der Waals surface area contributed by atoms with Gasteiger partial charge in [0.15, 0.2) is 5.69 Å². The second-order valence-corrected chi connectivity index (χ2v) is 7.17. The number of halogens is 3. The van der Waals surface area contributed by atoms with Gasteiger partial charge in [0, 0.05) is 24.8 Å². The van der Waals surface area contributed by atoms with Crippen LogP contribution in [0.3, 0.4) is 0 Å². The summed E-state index contributed by atoms with van der Waals surface area (Å²) in [7, 11) is 3.95. The smallest absolute Gasteiger partial charge is 0.435 e. The van der Waals surface area contributed by atoms with Gasteiger partial charge in [0.05, 0.1) is 5.69 Å². The van der Waals surface area contributed by atoms with Crippen LogP contribution in [0.2, 0.25) is 0 Å². The fourth-order valence-corrected chi connectivity index (χ4v) is 2.72. The number of hydrogen-bond donors (Lipinski definition) is 1. The third kappa shape index (κ3) is 6.32. The number of nitrogens with one attached hydrogen (secondary N) is 1. The van der Waals surface area contributed by atoms with Crippen molar-refractivity contribution in [1.82, 2.24) is 20.0 Å². The Hall–Kier alpha value is -3.33. The van der Waals surface area contributed by atoms with Crippen LogP contribution in [0, 0.1) is 0 Å². The van der Waals surface area contributed by atoms with Crippen molar-refractivity contribution in [2.75, 3.05) is 27.2 Å². The SMILES string of the molecule is CN(C)CCOc1ccc(CNC(=O)c2ccc(-n3ccc(C(F)(F)F)n3)cc2)cc1. The number of nitrogens with zero attached hydrogens (tertiary/aromatic N) is 3. The summed E-state index contributed by atoms with van der Waals surface area (Å²) in [5, 5.41) is 6.33. The molecule has 0 aliphatic carbocycles. The average Bonchev–Trinajstić information content (AvgIpc) is 3.24. The molecule has 2 aromatic carbocycles. The quantitative estimate of drug-likeness (QED) is 0.589. The van der Waals surface area contributed by atoms with E-state index in [1.807, 2.05) is 43.3 Å². The van der Waals surface area contributed by atoms with Gasteiger partial charge in [-0.3, -0.25) is 4.79 Å². The molecule has 9 heteroatoms. The molecule has 0 fully saturated rings. The molecule has 1 heterocycles. The highest BCUT2D eigenvalue weighted by molar-refractivity contribution is 5.94. The number of likely N-dealkylation sites (N-methyl/N-ethyl adjacent to an activating group) is 1. The summed E-state index contributed by atoms with van der Waals surface area (Å²) in [6.45, 7) is 1.75. The van der Waals surface area contributed by atoms with Gasteiger partial charge < -0.3 is 15.0 Å². The van der Waals surface area contributed by atoms with Crippen LogP contribution < -0.4 is 10.1 Å². The number of benzene rings is 2. The molecule has 1 aromatic heterocycles. The van der Waals surface area contributed by atoms with Gasteiger partial charge in [0.1, 0.15) is 12.4 Å². The lowest BCUT2D eigenvalue weighted by atomic mass is 10.1. The normalized spacial score (nSPS) is 11.5. The van der Waals surface area contributed by atoms with Crippen molar-refractivity contribution in [2.45, 2.75) is 12.7 Å². The molecule has 3 rings (SSSR count). The standard InChI is InChI=1S/C22H23F3N4O2/c1-28(2)13-14-31-19-9-3-16(4-10-19)15-26-21(30)17-5-7-18(8-6-17)29-12-11-20(27-29)22(23,24)25/h3-12H,13-15H2,1-2H3,(H,26,30). The highest BCUT2D eigenvalue weighted by atomic mass is 19.4. The molecular weight excluding hydrogens is 409 g/mol. The van der Waals surface area contributed by atoms with Crippen LogP contribution in [0.1, 0.15) is 21.6 Å². The number of amides is 1. The van der Waals surface area contributed by atoms with E-state index in [0.29, 0.717) is 24.4 Å².